The molecule has 0 aliphatic carbocycles. The molecule has 0 saturated heterocycles. The van der Waals surface area contributed by atoms with Gasteiger partial charge >= 0.3 is 0 Å². The number of ether oxygens (including phenoxy) is 2. The highest BCUT2D eigenvalue weighted by atomic mass is 35.5. The lowest BCUT2D eigenvalue weighted by molar-refractivity contribution is -0.121. The van der Waals surface area contributed by atoms with Crippen LogP contribution in [0.25, 0.3) is 0 Å². The molecule has 0 N–H and O–H groups in total. The lowest BCUT2D eigenvalue weighted by Gasteiger charge is -2.30. The summed E-state index contributed by atoms with van der Waals surface area (Å²) in [7, 11) is 1.61. The summed E-state index contributed by atoms with van der Waals surface area (Å²) in [6.45, 7) is 2.43. The Morgan fingerprint density at radius 2 is 2.25 bits per heavy atom. The number of hydrogen-bond acceptors (Lipinski definition) is 4. The Hall–Kier alpha value is -1.59. The predicted octanol–water partition coefficient (Wildman–Crippen LogP) is 2.30. The first-order valence-electron chi connectivity index (χ1n) is 6.31. The average molecular weight is 298 g/mol. The zero-order valence-electron chi connectivity index (χ0n) is 11.4. The zero-order chi connectivity index (χ0) is 14.7. The van der Waals surface area contributed by atoms with E-state index in [0.717, 1.165) is 0 Å². The van der Waals surface area contributed by atoms with Crippen LogP contribution in [0.2, 0.25) is 5.02 Å². The number of benzene rings is 1. The summed E-state index contributed by atoms with van der Waals surface area (Å²) in [4.78, 5) is 25.2. The number of fused-ring (bicyclic) bond motifs is 1. The van der Waals surface area contributed by atoms with Crippen molar-refractivity contribution in [3.05, 3.63) is 22.7 Å². The fraction of sp³-hybridized carbons (Fsp3) is 0.429. The molecule has 0 aromatic heterocycles. The Kier molecular flexibility index (Phi) is 4.62. The van der Waals surface area contributed by atoms with Gasteiger partial charge in [-0.25, -0.2) is 0 Å². The number of hydrogen-bond donors (Lipinski definition) is 0. The fourth-order valence-electron chi connectivity index (χ4n) is 2.15. The van der Waals surface area contributed by atoms with Crippen molar-refractivity contribution in [3.63, 3.8) is 0 Å². The maximum atomic E-state index is 12.0. The minimum atomic E-state index is -0.148. The molecule has 1 aliphatic heterocycles. The number of methoxy groups -OCH3 is 1. The van der Waals surface area contributed by atoms with Gasteiger partial charge in [0.25, 0.3) is 5.91 Å². The maximum absolute atomic E-state index is 12.0. The van der Waals surface area contributed by atoms with Gasteiger partial charge in [0, 0.05) is 25.3 Å². The molecular formula is C14H16ClNO4. The van der Waals surface area contributed by atoms with E-state index in [-0.39, 0.29) is 18.3 Å². The van der Waals surface area contributed by atoms with Gasteiger partial charge in [0.15, 0.2) is 18.1 Å². The molecule has 1 amide bonds. The van der Waals surface area contributed by atoms with Gasteiger partial charge in [-0.3, -0.25) is 9.59 Å². The first kappa shape index (κ1) is 14.8. The van der Waals surface area contributed by atoms with Crippen molar-refractivity contribution in [2.24, 2.45) is 0 Å². The topological polar surface area (TPSA) is 55.8 Å². The smallest absolute Gasteiger partial charge is 0.265 e. The van der Waals surface area contributed by atoms with Crippen LogP contribution in [0.4, 0.5) is 5.69 Å². The van der Waals surface area contributed by atoms with Crippen molar-refractivity contribution in [1.82, 2.24) is 0 Å². The van der Waals surface area contributed by atoms with Crippen molar-refractivity contribution < 1.29 is 19.1 Å². The van der Waals surface area contributed by atoms with Gasteiger partial charge in [0.2, 0.25) is 0 Å². The molecule has 1 aromatic carbocycles. The van der Waals surface area contributed by atoms with Crippen molar-refractivity contribution in [2.75, 3.05) is 31.8 Å². The first-order valence-corrected chi connectivity index (χ1v) is 6.69. The van der Waals surface area contributed by atoms with E-state index in [2.05, 4.69) is 0 Å². The molecule has 6 heteroatoms. The molecule has 0 unspecified atom stereocenters. The highest BCUT2D eigenvalue weighted by Crippen LogP contribution is 2.38. The highest BCUT2D eigenvalue weighted by Gasteiger charge is 2.28. The summed E-state index contributed by atoms with van der Waals surface area (Å²) >= 11 is 6.03. The largest absolute Gasteiger partial charge is 0.481 e. The molecule has 5 nitrogen and oxygen atoms in total. The van der Waals surface area contributed by atoms with Crippen LogP contribution in [-0.4, -0.2) is 38.6 Å². The molecule has 0 spiro atoms. The van der Waals surface area contributed by atoms with E-state index >= 15 is 0 Å². The maximum Gasteiger partial charge on any atom is 0.265 e. The van der Waals surface area contributed by atoms with E-state index in [4.69, 9.17) is 21.1 Å². The van der Waals surface area contributed by atoms with E-state index in [9.17, 15) is 9.59 Å². The molecular weight excluding hydrogens is 282 g/mol. The molecule has 0 atom stereocenters. The van der Waals surface area contributed by atoms with Crippen molar-refractivity contribution in [3.8, 4) is 5.75 Å². The zero-order valence-corrected chi connectivity index (χ0v) is 12.2. The summed E-state index contributed by atoms with van der Waals surface area (Å²) < 4.78 is 10.4. The van der Waals surface area contributed by atoms with Gasteiger partial charge in [-0.05, 0) is 25.5 Å². The molecule has 1 aromatic rings. The van der Waals surface area contributed by atoms with Crippen LogP contribution in [0.5, 0.6) is 5.75 Å². The Labute approximate surface area is 122 Å². The van der Waals surface area contributed by atoms with Crippen LogP contribution in [0.15, 0.2) is 12.1 Å². The third-order valence-electron chi connectivity index (χ3n) is 3.08. The molecule has 108 valence electrons. The summed E-state index contributed by atoms with van der Waals surface area (Å²) in [6, 6.07) is 3.21. The lowest BCUT2D eigenvalue weighted by atomic mass is 10.1. The van der Waals surface area contributed by atoms with Crippen molar-refractivity contribution in [1.29, 1.82) is 0 Å². The monoisotopic (exact) mass is 297 g/mol. The fourth-order valence-corrected chi connectivity index (χ4v) is 2.36. The molecule has 20 heavy (non-hydrogen) atoms. The number of Topliss-reactive ketones (excluding diaryl/α,β-unsaturated/α-hetero) is 1. The van der Waals surface area contributed by atoms with Gasteiger partial charge in [0.05, 0.1) is 11.3 Å². The minimum Gasteiger partial charge on any atom is -0.481 e. The number of carbonyl (C=O) groups excluding carboxylic acids is 2. The second-order valence-electron chi connectivity index (χ2n) is 4.54. The molecule has 0 saturated carbocycles. The number of amides is 1. The van der Waals surface area contributed by atoms with E-state index in [0.29, 0.717) is 41.6 Å². The van der Waals surface area contributed by atoms with Crippen molar-refractivity contribution in [2.45, 2.75) is 13.3 Å². The van der Waals surface area contributed by atoms with E-state index in [1.807, 2.05) is 0 Å². The standard InChI is InChI=1S/C14H16ClNO4/c1-9(17)11-6-10(15)7-12-14(11)20-8-13(18)16(12)4-3-5-19-2/h6-7H,3-5,8H2,1-2H3. The summed E-state index contributed by atoms with van der Waals surface area (Å²) in [5, 5.41) is 0.406. The number of ketones is 1. The second kappa shape index (κ2) is 6.24. The quantitative estimate of drug-likeness (QED) is 0.618. The van der Waals surface area contributed by atoms with Crippen molar-refractivity contribution >= 4 is 29.0 Å². The van der Waals surface area contributed by atoms with Crippen LogP contribution < -0.4 is 9.64 Å². The average Bonchev–Trinajstić information content (AvgIpc) is 2.40. The minimum absolute atomic E-state index is 0.0676. The second-order valence-corrected chi connectivity index (χ2v) is 4.97. The van der Waals surface area contributed by atoms with Gasteiger partial charge < -0.3 is 14.4 Å². The molecule has 2 rings (SSSR count). The Morgan fingerprint density at radius 1 is 1.50 bits per heavy atom. The third-order valence-corrected chi connectivity index (χ3v) is 3.29. The molecule has 0 radical (unpaired) electrons. The lowest BCUT2D eigenvalue weighted by Crippen LogP contribution is -2.40. The van der Waals surface area contributed by atoms with Gasteiger partial charge in [0.1, 0.15) is 0 Å². The number of anilines is 1. The van der Waals surface area contributed by atoms with Crippen LogP contribution in [0.1, 0.15) is 23.7 Å². The van der Waals surface area contributed by atoms with Crippen LogP contribution in [0, 0.1) is 0 Å². The molecule has 0 bridgehead atoms. The number of rotatable bonds is 5. The van der Waals surface area contributed by atoms with Gasteiger partial charge in [-0.15, -0.1) is 0 Å². The third kappa shape index (κ3) is 2.94. The van der Waals surface area contributed by atoms with Crippen LogP contribution in [-0.2, 0) is 9.53 Å². The Balaban J connectivity index is 2.39. The normalized spacial score (nSPS) is 13.9. The molecule has 0 fully saturated rings. The van der Waals surface area contributed by atoms with Gasteiger partial charge in [-0.2, -0.15) is 0 Å². The van der Waals surface area contributed by atoms with E-state index < -0.39 is 0 Å². The summed E-state index contributed by atoms with van der Waals surface area (Å²) in [6.07, 6.45) is 0.698. The summed E-state index contributed by atoms with van der Waals surface area (Å²) in [5.41, 5.74) is 0.951. The molecule has 1 aliphatic rings. The number of carbonyl (C=O) groups is 2. The van der Waals surface area contributed by atoms with Crippen LogP contribution >= 0.6 is 11.6 Å². The Bertz CT molecular complexity index is 544. The molecule has 1 heterocycles. The van der Waals surface area contributed by atoms with Crippen LogP contribution in [0.3, 0.4) is 0 Å². The number of halogens is 1. The number of nitrogens with zero attached hydrogens (tertiary/aromatic N) is 1. The SMILES string of the molecule is COCCCN1C(=O)COc2c(C(C)=O)cc(Cl)cc21. The van der Waals surface area contributed by atoms with Gasteiger partial charge in [-0.1, -0.05) is 11.6 Å². The predicted molar refractivity (Wildman–Crippen MR) is 75.8 cm³/mol. The Morgan fingerprint density at radius 3 is 2.90 bits per heavy atom. The first-order chi connectivity index (χ1) is 9.54. The van der Waals surface area contributed by atoms with E-state index in [1.54, 1.807) is 24.1 Å². The summed E-state index contributed by atoms with van der Waals surface area (Å²) in [5.74, 6) is 0.138. The highest BCUT2D eigenvalue weighted by molar-refractivity contribution is 6.31. The van der Waals surface area contributed by atoms with E-state index in [1.165, 1.54) is 6.92 Å².